The molecule has 2 aromatic rings. The van der Waals surface area contributed by atoms with Crippen LogP contribution in [-0.4, -0.2) is 15.7 Å². The lowest BCUT2D eigenvalue weighted by Gasteiger charge is -2.18. The van der Waals surface area contributed by atoms with E-state index in [2.05, 4.69) is 36.4 Å². The summed E-state index contributed by atoms with van der Waals surface area (Å²) in [6.07, 6.45) is 4.19. The van der Waals surface area contributed by atoms with Gasteiger partial charge in [-0.05, 0) is 49.9 Å². The number of amides is 1. The minimum absolute atomic E-state index is 0.0248. The molecule has 0 saturated heterocycles. The Labute approximate surface area is 126 Å². The van der Waals surface area contributed by atoms with Gasteiger partial charge in [-0.2, -0.15) is 5.10 Å². The zero-order valence-corrected chi connectivity index (χ0v) is 13.2. The molecule has 1 heterocycles. The molecule has 0 aliphatic carbocycles. The number of benzene rings is 1. The average molecular weight is 285 g/mol. The first-order chi connectivity index (χ1) is 9.97. The molecule has 1 unspecified atom stereocenters. The summed E-state index contributed by atoms with van der Waals surface area (Å²) in [6.45, 7) is 8.82. The van der Waals surface area contributed by atoms with Crippen LogP contribution < -0.4 is 5.32 Å². The number of rotatable bonds is 5. The molecule has 0 spiro atoms. The highest BCUT2D eigenvalue weighted by atomic mass is 16.1. The number of carbonyl (C=O) groups is 1. The molecule has 0 radical (unpaired) electrons. The Morgan fingerprint density at radius 1 is 1.33 bits per heavy atom. The Hall–Kier alpha value is -2.10. The fourth-order valence-corrected chi connectivity index (χ4v) is 2.44. The standard InChI is InChI=1S/C17H23N3O/c1-12-10-18-20(11-12)9-8-17(21)19-15(4)16-7-5-6-13(2)14(16)3/h5-7,10-11,15H,8-9H2,1-4H3,(H,19,21). The molecule has 0 fully saturated rings. The third-order valence-electron chi connectivity index (χ3n) is 3.82. The molecule has 2 rings (SSSR count). The number of aryl methyl sites for hydroxylation is 3. The van der Waals surface area contributed by atoms with Gasteiger partial charge in [0, 0.05) is 19.2 Å². The van der Waals surface area contributed by atoms with Crippen LogP contribution in [0.1, 0.15) is 41.6 Å². The van der Waals surface area contributed by atoms with E-state index in [-0.39, 0.29) is 11.9 Å². The lowest BCUT2D eigenvalue weighted by Crippen LogP contribution is -2.28. The van der Waals surface area contributed by atoms with Gasteiger partial charge in [0.15, 0.2) is 0 Å². The summed E-state index contributed by atoms with van der Waals surface area (Å²) in [5.74, 6) is 0.0524. The van der Waals surface area contributed by atoms with Crippen LogP contribution in [0.3, 0.4) is 0 Å². The quantitative estimate of drug-likeness (QED) is 0.917. The van der Waals surface area contributed by atoms with Crippen LogP contribution in [0.5, 0.6) is 0 Å². The Bertz CT molecular complexity index is 631. The average Bonchev–Trinajstić information content (AvgIpc) is 2.85. The summed E-state index contributed by atoms with van der Waals surface area (Å²) in [5.41, 5.74) is 4.78. The van der Waals surface area contributed by atoms with E-state index in [0.29, 0.717) is 13.0 Å². The number of carbonyl (C=O) groups excluding carboxylic acids is 1. The normalized spacial score (nSPS) is 12.2. The number of nitrogens with zero attached hydrogens (tertiary/aromatic N) is 2. The van der Waals surface area contributed by atoms with Crippen molar-refractivity contribution in [3.8, 4) is 0 Å². The van der Waals surface area contributed by atoms with Crippen molar-refractivity contribution in [2.75, 3.05) is 0 Å². The van der Waals surface area contributed by atoms with Crippen LogP contribution >= 0.6 is 0 Å². The van der Waals surface area contributed by atoms with Gasteiger partial charge in [-0.1, -0.05) is 18.2 Å². The van der Waals surface area contributed by atoms with Gasteiger partial charge in [-0.15, -0.1) is 0 Å². The monoisotopic (exact) mass is 285 g/mol. The second kappa shape index (κ2) is 6.57. The number of hydrogen-bond donors (Lipinski definition) is 1. The minimum atomic E-state index is 0.0248. The van der Waals surface area contributed by atoms with E-state index in [0.717, 1.165) is 5.56 Å². The summed E-state index contributed by atoms with van der Waals surface area (Å²) in [7, 11) is 0. The molecule has 1 N–H and O–H groups in total. The highest BCUT2D eigenvalue weighted by Crippen LogP contribution is 2.20. The second-order valence-electron chi connectivity index (χ2n) is 5.61. The van der Waals surface area contributed by atoms with E-state index in [9.17, 15) is 4.79 Å². The van der Waals surface area contributed by atoms with Crippen molar-refractivity contribution in [3.63, 3.8) is 0 Å². The molecular weight excluding hydrogens is 262 g/mol. The van der Waals surface area contributed by atoms with Crippen LogP contribution in [0.25, 0.3) is 0 Å². The lowest BCUT2D eigenvalue weighted by molar-refractivity contribution is -0.122. The molecule has 112 valence electrons. The second-order valence-corrected chi connectivity index (χ2v) is 5.61. The SMILES string of the molecule is Cc1cnn(CCC(=O)NC(C)c2cccc(C)c2C)c1. The minimum Gasteiger partial charge on any atom is -0.350 e. The van der Waals surface area contributed by atoms with E-state index in [1.165, 1.54) is 16.7 Å². The van der Waals surface area contributed by atoms with E-state index in [4.69, 9.17) is 0 Å². The molecule has 1 amide bonds. The third kappa shape index (κ3) is 3.94. The Morgan fingerprint density at radius 3 is 2.76 bits per heavy atom. The van der Waals surface area contributed by atoms with Crippen LogP contribution in [-0.2, 0) is 11.3 Å². The highest BCUT2D eigenvalue weighted by molar-refractivity contribution is 5.76. The van der Waals surface area contributed by atoms with Gasteiger partial charge >= 0.3 is 0 Å². The smallest absolute Gasteiger partial charge is 0.222 e. The van der Waals surface area contributed by atoms with Gasteiger partial charge in [0.05, 0.1) is 12.2 Å². The van der Waals surface area contributed by atoms with Crippen LogP contribution in [0, 0.1) is 20.8 Å². The maximum atomic E-state index is 12.1. The molecule has 0 saturated carbocycles. The van der Waals surface area contributed by atoms with Gasteiger partial charge < -0.3 is 5.32 Å². The fourth-order valence-electron chi connectivity index (χ4n) is 2.44. The van der Waals surface area contributed by atoms with E-state index in [1.54, 1.807) is 10.9 Å². The molecule has 0 aliphatic rings. The summed E-state index contributed by atoms with van der Waals surface area (Å²) >= 11 is 0. The van der Waals surface area contributed by atoms with Gasteiger partial charge in [0.1, 0.15) is 0 Å². The zero-order chi connectivity index (χ0) is 15.4. The molecule has 1 atom stereocenters. The third-order valence-corrected chi connectivity index (χ3v) is 3.82. The van der Waals surface area contributed by atoms with Crippen molar-refractivity contribution >= 4 is 5.91 Å². The van der Waals surface area contributed by atoms with E-state index in [1.807, 2.05) is 26.1 Å². The molecule has 1 aromatic carbocycles. The van der Waals surface area contributed by atoms with Crippen LogP contribution in [0.4, 0.5) is 0 Å². The van der Waals surface area contributed by atoms with Crippen molar-refractivity contribution in [2.45, 2.75) is 46.7 Å². The first-order valence-electron chi connectivity index (χ1n) is 7.32. The molecular formula is C17H23N3O. The lowest BCUT2D eigenvalue weighted by atomic mass is 9.98. The first-order valence-corrected chi connectivity index (χ1v) is 7.32. The molecule has 4 nitrogen and oxygen atoms in total. The van der Waals surface area contributed by atoms with E-state index >= 15 is 0 Å². The molecule has 1 aromatic heterocycles. The molecule has 4 heteroatoms. The van der Waals surface area contributed by atoms with Crippen molar-refractivity contribution in [1.82, 2.24) is 15.1 Å². The Balaban J connectivity index is 1.91. The number of nitrogens with one attached hydrogen (secondary N) is 1. The molecule has 0 bridgehead atoms. The van der Waals surface area contributed by atoms with Gasteiger partial charge in [0.2, 0.25) is 5.91 Å². The molecule has 21 heavy (non-hydrogen) atoms. The van der Waals surface area contributed by atoms with Gasteiger partial charge in [0.25, 0.3) is 0 Å². The first kappa shape index (κ1) is 15.3. The highest BCUT2D eigenvalue weighted by Gasteiger charge is 2.12. The molecule has 0 aliphatic heterocycles. The summed E-state index contributed by atoms with van der Waals surface area (Å²) in [5, 5.41) is 7.25. The maximum absolute atomic E-state index is 12.1. The predicted molar refractivity (Wildman–Crippen MR) is 84.1 cm³/mol. The Morgan fingerprint density at radius 2 is 2.10 bits per heavy atom. The summed E-state index contributed by atoms with van der Waals surface area (Å²) in [6, 6.07) is 6.22. The van der Waals surface area contributed by atoms with Crippen LogP contribution in [0.15, 0.2) is 30.6 Å². The number of hydrogen-bond acceptors (Lipinski definition) is 2. The predicted octanol–water partition coefficient (Wildman–Crippen LogP) is 3.08. The van der Waals surface area contributed by atoms with Crippen LogP contribution in [0.2, 0.25) is 0 Å². The Kier molecular flexibility index (Phi) is 4.78. The largest absolute Gasteiger partial charge is 0.350 e. The van der Waals surface area contributed by atoms with Crippen molar-refractivity contribution in [3.05, 3.63) is 52.8 Å². The topological polar surface area (TPSA) is 46.9 Å². The number of aromatic nitrogens is 2. The fraction of sp³-hybridized carbons (Fsp3) is 0.412. The summed E-state index contributed by atoms with van der Waals surface area (Å²) in [4.78, 5) is 12.1. The van der Waals surface area contributed by atoms with Crippen molar-refractivity contribution < 1.29 is 4.79 Å². The van der Waals surface area contributed by atoms with Crippen molar-refractivity contribution in [2.24, 2.45) is 0 Å². The van der Waals surface area contributed by atoms with Gasteiger partial charge in [-0.25, -0.2) is 0 Å². The van der Waals surface area contributed by atoms with Crippen molar-refractivity contribution in [1.29, 1.82) is 0 Å². The summed E-state index contributed by atoms with van der Waals surface area (Å²) < 4.78 is 1.80. The maximum Gasteiger partial charge on any atom is 0.222 e. The van der Waals surface area contributed by atoms with E-state index < -0.39 is 0 Å². The van der Waals surface area contributed by atoms with Gasteiger partial charge in [-0.3, -0.25) is 9.48 Å². The zero-order valence-electron chi connectivity index (χ0n) is 13.2.